The molecule has 3 heteroatoms. The SMILES string of the molecule is COc1ccc(C(O)C2Cc3ccccc3C2)cc1OC. The van der Waals surface area contributed by atoms with Crippen LogP contribution >= 0.6 is 0 Å². The van der Waals surface area contributed by atoms with Gasteiger partial charge in [-0.1, -0.05) is 30.3 Å². The smallest absolute Gasteiger partial charge is 0.161 e. The molecule has 110 valence electrons. The average molecular weight is 284 g/mol. The highest BCUT2D eigenvalue weighted by Gasteiger charge is 2.28. The van der Waals surface area contributed by atoms with Gasteiger partial charge in [-0.05, 0) is 47.6 Å². The van der Waals surface area contributed by atoms with E-state index in [0.29, 0.717) is 11.5 Å². The third-order valence-electron chi connectivity index (χ3n) is 4.28. The lowest BCUT2D eigenvalue weighted by Crippen LogP contribution is -2.13. The number of benzene rings is 2. The fraction of sp³-hybridized carbons (Fsp3) is 0.333. The fourth-order valence-electron chi connectivity index (χ4n) is 3.13. The van der Waals surface area contributed by atoms with Gasteiger partial charge in [0.2, 0.25) is 0 Å². The standard InChI is InChI=1S/C18H20O3/c1-20-16-8-7-14(11-17(16)21-2)18(19)15-9-12-5-3-4-6-13(12)10-15/h3-8,11,15,18-19H,9-10H2,1-2H3. The number of rotatable bonds is 4. The van der Waals surface area contributed by atoms with E-state index in [-0.39, 0.29) is 5.92 Å². The van der Waals surface area contributed by atoms with Crippen LogP contribution in [0, 0.1) is 5.92 Å². The van der Waals surface area contributed by atoms with Gasteiger partial charge in [0.1, 0.15) is 0 Å². The Morgan fingerprint density at radius 2 is 1.57 bits per heavy atom. The third kappa shape index (κ3) is 2.61. The molecule has 0 saturated heterocycles. The van der Waals surface area contributed by atoms with E-state index >= 15 is 0 Å². The van der Waals surface area contributed by atoms with E-state index in [1.807, 2.05) is 18.2 Å². The molecule has 0 bridgehead atoms. The van der Waals surface area contributed by atoms with Gasteiger partial charge in [0.05, 0.1) is 20.3 Å². The Balaban J connectivity index is 1.82. The summed E-state index contributed by atoms with van der Waals surface area (Å²) in [6.45, 7) is 0. The summed E-state index contributed by atoms with van der Waals surface area (Å²) in [7, 11) is 3.22. The molecular weight excluding hydrogens is 264 g/mol. The third-order valence-corrected chi connectivity index (χ3v) is 4.28. The Morgan fingerprint density at radius 3 is 2.14 bits per heavy atom. The minimum absolute atomic E-state index is 0.223. The van der Waals surface area contributed by atoms with Crippen molar-refractivity contribution in [2.24, 2.45) is 5.92 Å². The van der Waals surface area contributed by atoms with Crippen LogP contribution in [0.2, 0.25) is 0 Å². The molecule has 0 amide bonds. The van der Waals surface area contributed by atoms with E-state index in [1.165, 1.54) is 11.1 Å². The topological polar surface area (TPSA) is 38.7 Å². The first-order valence-corrected chi connectivity index (χ1v) is 7.19. The monoisotopic (exact) mass is 284 g/mol. The summed E-state index contributed by atoms with van der Waals surface area (Å²) in [6.07, 6.45) is 1.36. The van der Waals surface area contributed by atoms with Crippen LogP contribution in [0.15, 0.2) is 42.5 Å². The summed E-state index contributed by atoms with van der Waals surface area (Å²) in [5, 5.41) is 10.7. The average Bonchev–Trinajstić information content (AvgIpc) is 2.97. The van der Waals surface area contributed by atoms with Crippen molar-refractivity contribution in [1.82, 2.24) is 0 Å². The molecule has 1 aliphatic rings. The zero-order valence-electron chi connectivity index (χ0n) is 12.4. The first-order valence-electron chi connectivity index (χ1n) is 7.19. The lowest BCUT2D eigenvalue weighted by atomic mass is 9.93. The molecule has 0 aromatic heterocycles. The van der Waals surface area contributed by atoms with E-state index in [9.17, 15) is 5.11 Å². The zero-order valence-corrected chi connectivity index (χ0v) is 12.4. The van der Waals surface area contributed by atoms with Crippen molar-refractivity contribution in [2.45, 2.75) is 18.9 Å². The molecule has 3 nitrogen and oxygen atoms in total. The Bertz CT molecular complexity index is 611. The molecule has 0 radical (unpaired) electrons. The van der Waals surface area contributed by atoms with E-state index in [4.69, 9.17) is 9.47 Å². The predicted octanol–water partition coefficient (Wildman–Crippen LogP) is 3.15. The molecule has 0 fully saturated rings. The lowest BCUT2D eigenvalue weighted by Gasteiger charge is -2.19. The number of methoxy groups -OCH3 is 2. The van der Waals surface area contributed by atoms with Crippen molar-refractivity contribution in [3.63, 3.8) is 0 Å². The van der Waals surface area contributed by atoms with Gasteiger partial charge in [0.25, 0.3) is 0 Å². The van der Waals surface area contributed by atoms with E-state index in [1.54, 1.807) is 14.2 Å². The highest BCUT2D eigenvalue weighted by atomic mass is 16.5. The van der Waals surface area contributed by atoms with Crippen molar-refractivity contribution in [2.75, 3.05) is 14.2 Å². The molecule has 0 aliphatic heterocycles. The minimum Gasteiger partial charge on any atom is -0.493 e. The Hall–Kier alpha value is -2.00. The summed E-state index contributed by atoms with van der Waals surface area (Å²) in [4.78, 5) is 0. The first-order chi connectivity index (χ1) is 10.2. The van der Waals surface area contributed by atoms with E-state index in [0.717, 1.165) is 18.4 Å². The molecule has 1 atom stereocenters. The van der Waals surface area contributed by atoms with Crippen LogP contribution in [0.1, 0.15) is 22.8 Å². The van der Waals surface area contributed by atoms with Crippen LogP contribution in [0.25, 0.3) is 0 Å². The molecule has 0 saturated carbocycles. The number of ether oxygens (including phenoxy) is 2. The molecule has 2 aromatic rings. The van der Waals surface area contributed by atoms with Gasteiger partial charge in [-0.15, -0.1) is 0 Å². The number of fused-ring (bicyclic) bond motifs is 1. The quantitative estimate of drug-likeness (QED) is 0.937. The second kappa shape index (κ2) is 5.78. The normalized spacial score (nSPS) is 15.6. The summed E-state index contributed by atoms with van der Waals surface area (Å²) in [6, 6.07) is 14.0. The molecule has 2 aromatic carbocycles. The minimum atomic E-state index is -0.489. The fourth-order valence-corrected chi connectivity index (χ4v) is 3.13. The van der Waals surface area contributed by atoms with Crippen LogP contribution in [0.3, 0.4) is 0 Å². The van der Waals surface area contributed by atoms with Gasteiger partial charge in [-0.2, -0.15) is 0 Å². The van der Waals surface area contributed by atoms with Gasteiger partial charge in [-0.25, -0.2) is 0 Å². The van der Waals surface area contributed by atoms with Crippen LogP contribution in [0.5, 0.6) is 11.5 Å². The maximum absolute atomic E-state index is 10.7. The van der Waals surface area contributed by atoms with Crippen molar-refractivity contribution in [3.05, 3.63) is 59.2 Å². The van der Waals surface area contributed by atoms with Crippen molar-refractivity contribution >= 4 is 0 Å². The summed E-state index contributed by atoms with van der Waals surface area (Å²) in [5.41, 5.74) is 3.58. The van der Waals surface area contributed by atoms with E-state index in [2.05, 4.69) is 24.3 Å². The molecule has 1 unspecified atom stereocenters. The molecule has 0 heterocycles. The number of hydrogen-bond acceptors (Lipinski definition) is 3. The molecule has 21 heavy (non-hydrogen) atoms. The van der Waals surface area contributed by atoms with Crippen LogP contribution in [-0.2, 0) is 12.8 Å². The Kier molecular flexibility index (Phi) is 3.84. The van der Waals surface area contributed by atoms with Gasteiger partial charge in [0, 0.05) is 0 Å². The van der Waals surface area contributed by atoms with Crippen molar-refractivity contribution in [3.8, 4) is 11.5 Å². The van der Waals surface area contributed by atoms with Gasteiger partial charge in [-0.3, -0.25) is 0 Å². The van der Waals surface area contributed by atoms with Crippen molar-refractivity contribution < 1.29 is 14.6 Å². The second-order valence-electron chi connectivity index (χ2n) is 5.50. The maximum atomic E-state index is 10.7. The maximum Gasteiger partial charge on any atom is 0.161 e. The summed E-state index contributed by atoms with van der Waals surface area (Å²) < 4.78 is 10.6. The molecule has 1 N–H and O–H groups in total. The Labute approximate surface area is 125 Å². The number of aliphatic hydroxyl groups is 1. The first kappa shape index (κ1) is 14.0. The molecule has 1 aliphatic carbocycles. The van der Waals surface area contributed by atoms with Crippen molar-refractivity contribution in [1.29, 1.82) is 0 Å². The van der Waals surface area contributed by atoms with Crippen LogP contribution in [0.4, 0.5) is 0 Å². The molecule has 0 spiro atoms. The van der Waals surface area contributed by atoms with Gasteiger partial charge < -0.3 is 14.6 Å². The predicted molar refractivity (Wildman–Crippen MR) is 81.8 cm³/mol. The van der Waals surface area contributed by atoms with Crippen LogP contribution in [-0.4, -0.2) is 19.3 Å². The largest absolute Gasteiger partial charge is 0.493 e. The summed E-state index contributed by atoms with van der Waals surface area (Å²) in [5.74, 6) is 1.56. The molecular formula is C18H20O3. The van der Waals surface area contributed by atoms with Crippen LogP contribution < -0.4 is 9.47 Å². The number of hydrogen-bond donors (Lipinski definition) is 1. The molecule has 3 rings (SSSR count). The zero-order chi connectivity index (χ0) is 14.8. The number of aliphatic hydroxyl groups excluding tert-OH is 1. The highest BCUT2D eigenvalue weighted by molar-refractivity contribution is 5.44. The second-order valence-corrected chi connectivity index (χ2v) is 5.50. The van der Waals surface area contributed by atoms with Gasteiger partial charge in [0.15, 0.2) is 11.5 Å². The van der Waals surface area contributed by atoms with Gasteiger partial charge >= 0.3 is 0 Å². The Morgan fingerprint density at radius 1 is 0.952 bits per heavy atom. The summed E-state index contributed by atoms with van der Waals surface area (Å²) >= 11 is 0. The lowest BCUT2D eigenvalue weighted by molar-refractivity contribution is 0.113. The van der Waals surface area contributed by atoms with E-state index < -0.39 is 6.10 Å². The highest BCUT2D eigenvalue weighted by Crippen LogP contribution is 2.37.